The Morgan fingerprint density at radius 2 is 1.71 bits per heavy atom. The number of hydrogen-bond acceptors (Lipinski definition) is 8. The number of fused-ring (bicyclic) bond motifs is 1. The van der Waals surface area contributed by atoms with Crippen LogP contribution >= 0.6 is 11.8 Å². The summed E-state index contributed by atoms with van der Waals surface area (Å²) in [5.41, 5.74) is 1.80. The van der Waals surface area contributed by atoms with Crippen molar-refractivity contribution in [2.75, 3.05) is 17.2 Å². The smallest absolute Gasteiger partial charge is 0.325 e. The van der Waals surface area contributed by atoms with Gasteiger partial charge in [0, 0.05) is 25.3 Å². The fourth-order valence-corrected chi connectivity index (χ4v) is 6.42. The van der Waals surface area contributed by atoms with E-state index in [-0.39, 0.29) is 24.1 Å². The standard InChI is InChI=1S/C27H26N4O6S/c1-17(32)31(20-13-8-14-36-20)21-23(33)30-15-27(25(34)29-28,16-38-24(21)30)26(35)37-22(18-9-4-2-5-10-18)19-11-6-3-7-12-19/h2-14,21-22,24H,15-16,28H2,1H3,(H,29,34)/t21?,24-,27?/m1/s1. The van der Waals surface area contributed by atoms with Gasteiger partial charge in [-0.25, -0.2) is 5.84 Å². The van der Waals surface area contributed by atoms with Crippen molar-refractivity contribution in [3.8, 4) is 0 Å². The summed E-state index contributed by atoms with van der Waals surface area (Å²) in [4.78, 5) is 55.3. The minimum Gasteiger partial charge on any atom is -0.452 e. The molecule has 2 aliphatic rings. The lowest BCUT2D eigenvalue weighted by atomic mass is 9.85. The van der Waals surface area contributed by atoms with Gasteiger partial charge in [-0.3, -0.25) is 29.5 Å². The van der Waals surface area contributed by atoms with E-state index in [9.17, 15) is 19.2 Å². The first-order chi connectivity index (χ1) is 18.4. The number of nitrogens with zero attached hydrogens (tertiary/aromatic N) is 2. The average molecular weight is 535 g/mol. The van der Waals surface area contributed by atoms with Gasteiger partial charge in [0.2, 0.25) is 17.7 Å². The molecule has 2 aliphatic heterocycles. The first-order valence-corrected chi connectivity index (χ1v) is 13.0. The first-order valence-electron chi connectivity index (χ1n) is 11.9. The van der Waals surface area contributed by atoms with Gasteiger partial charge in [0.05, 0.1) is 6.26 Å². The summed E-state index contributed by atoms with van der Waals surface area (Å²) in [5, 5.41) is -0.470. The lowest BCUT2D eigenvalue weighted by molar-refractivity contribution is -0.169. The molecular weight excluding hydrogens is 508 g/mol. The number of rotatable bonds is 7. The molecule has 0 radical (unpaired) electrons. The molecule has 3 aromatic rings. The maximum Gasteiger partial charge on any atom is 0.325 e. The Morgan fingerprint density at radius 1 is 1.08 bits per heavy atom. The van der Waals surface area contributed by atoms with E-state index in [4.69, 9.17) is 15.0 Å². The van der Waals surface area contributed by atoms with Crippen LogP contribution in [0.15, 0.2) is 83.5 Å². The molecule has 11 heteroatoms. The maximum atomic E-state index is 13.8. The topological polar surface area (TPSA) is 135 Å². The SMILES string of the molecule is CC(=O)N(c1ccco1)C1C(=O)N2CC(C(=O)NN)(C(=O)OC(c3ccccc3)c3ccccc3)CS[C@H]12. The maximum absolute atomic E-state index is 13.8. The van der Waals surface area contributed by atoms with Gasteiger partial charge in [-0.2, -0.15) is 0 Å². The van der Waals surface area contributed by atoms with Gasteiger partial charge in [0.25, 0.3) is 5.91 Å². The number of hydrazine groups is 1. The predicted octanol–water partition coefficient (Wildman–Crippen LogP) is 2.23. The Morgan fingerprint density at radius 3 is 2.24 bits per heavy atom. The van der Waals surface area contributed by atoms with Crippen molar-refractivity contribution >= 4 is 41.3 Å². The van der Waals surface area contributed by atoms with Gasteiger partial charge >= 0.3 is 5.97 Å². The first kappa shape index (κ1) is 25.6. The number of carbonyl (C=O) groups is 4. The highest BCUT2D eigenvalue weighted by Crippen LogP contribution is 2.46. The Kier molecular flexibility index (Phi) is 6.96. The molecule has 0 saturated carbocycles. The minimum atomic E-state index is -1.75. The largest absolute Gasteiger partial charge is 0.452 e. The molecule has 3 heterocycles. The molecule has 2 saturated heterocycles. The second kappa shape index (κ2) is 10.3. The summed E-state index contributed by atoms with van der Waals surface area (Å²) in [6, 6.07) is 20.8. The number of β-lactam (4-membered cyclic amide) rings is 1. The van der Waals surface area contributed by atoms with Gasteiger partial charge in [0.1, 0.15) is 11.4 Å². The highest BCUT2D eigenvalue weighted by Gasteiger charge is 2.62. The third-order valence-electron chi connectivity index (χ3n) is 6.80. The van der Waals surface area contributed by atoms with Crippen LogP contribution in [-0.4, -0.2) is 52.3 Å². The van der Waals surface area contributed by atoms with E-state index < -0.39 is 40.7 Å². The second-order valence-corrected chi connectivity index (χ2v) is 10.2. The number of carbonyl (C=O) groups excluding carboxylic acids is 4. The van der Waals surface area contributed by atoms with Crippen molar-refractivity contribution in [2.45, 2.75) is 24.4 Å². The van der Waals surface area contributed by atoms with Gasteiger partial charge in [-0.05, 0) is 17.2 Å². The summed E-state index contributed by atoms with van der Waals surface area (Å²) in [6.07, 6.45) is 0.643. The molecule has 10 nitrogen and oxygen atoms in total. The number of esters is 1. The monoisotopic (exact) mass is 534 g/mol. The second-order valence-electron chi connectivity index (χ2n) is 9.12. The number of benzene rings is 2. The highest BCUT2D eigenvalue weighted by molar-refractivity contribution is 8.00. The molecule has 2 aromatic carbocycles. The van der Waals surface area contributed by atoms with Crippen molar-refractivity contribution in [1.29, 1.82) is 0 Å². The van der Waals surface area contributed by atoms with Gasteiger partial charge in [-0.1, -0.05) is 60.7 Å². The van der Waals surface area contributed by atoms with E-state index in [1.165, 1.54) is 34.7 Å². The van der Waals surface area contributed by atoms with Crippen LogP contribution in [0, 0.1) is 5.41 Å². The van der Waals surface area contributed by atoms with E-state index in [0.29, 0.717) is 0 Å². The van der Waals surface area contributed by atoms with Crippen molar-refractivity contribution in [2.24, 2.45) is 11.3 Å². The molecule has 38 heavy (non-hydrogen) atoms. The minimum absolute atomic E-state index is 0.0000121. The number of furan rings is 1. The lowest BCUT2D eigenvalue weighted by Gasteiger charge is -2.55. The molecule has 0 bridgehead atoms. The molecule has 0 spiro atoms. The van der Waals surface area contributed by atoms with E-state index in [1.807, 2.05) is 60.7 Å². The van der Waals surface area contributed by atoms with Crippen LogP contribution in [0.1, 0.15) is 24.2 Å². The number of nitrogens with one attached hydrogen (secondary N) is 1. The molecule has 1 aromatic heterocycles. The quantitative estimate of drug-likeness (QED) is 0.118. The van der Waals surface area contributed by atoms with E-state index in [0.717, 1.165) is 11.1 Å². The molecule has 196 valence electrons. The molecule has 3 atom stereocenters. The molecule has 5 rings (SSSR count). The van der Waals surface area contributed by atoms with E-state index in [2.05, 4.69) is 5.43 Å². The van der Waals surface area contributed by atoms with Gasteiger partial charge in [0.15, 0.2) is 11.5 Å². The van der Waals surface area contributed by atoms with Crippen LogP contribution in [0.5, 0.6) is 0 Å². The number of ether oxygens (including phenoxy) is 1. The van der Waals surface area contributed by atoms with E-state index >= 15 is 0 Å². The van der Waals surface area contributed by atoms with Crippen molar-refractivity contribution < 1.29 is 28.3 Å². The van der Waals surface area contributed by atoms with Crippen LogP contribution in [0.3, 0.4) is 0 Å². The van der Waals surface area contributed by atoms with Crippen LogP contribution in [0.25, 0.3) is 0 Å². The summed E-state index contributed by atoms with van der Waals surface area (Å²) >= 11 is 1.22. The zero-order chi connectivity index (χ0) is 26.9. The summed E-state index contributed by atoms with van der Waals surface area (Å²) in [7, 11) is 0. The normalized spacial score (nSPS) is 22.3. The van der Waals surface area contributed by atoms with Crippen molar-refractivity contribution in [1.82, 2.24) is 10.3 Å². The number of hydrogen-bond donors (Lipinski definition) is 2. The zero-order valence-electron chi connectivity index (χ0n) is 20.5. The van der Waals surface area contributed by atoms with Crippen molar-refractivity contribution in [3.05, 3.63) is 90.2 Å². The van der Waals surface area contributed by atoms with Crippen molar-refractivity contribution in [3.63, 3.8) is 0 Å². The summed E-state index contributed by atoms with van der Waals surface area (Å²) in [6.45, 7) is 1.12. The fraction of sp³-hybridized carbons (Fsp3) is 0.259. The van der Waals surface area contributed by atoms with Crippen LogP contribution < -0.4 is 16.2 Å². The highest BCUT2D eigenvalue weighted by atomic mass is 32.2. The molecule has 2 fully saturated rings. The fourth-order valence-electron chi connectivity index (χ4n) is 4.85. The van der Waals surface area contributed by atoms with Crippen LogP contribution in [0.4, 0.5) is 5.88 Å². The Bertz CT molecular complexity index is 1300. The van der Waals surface area contributed by atoms with Gasteiger partial charge < -0.3 is 14.1 Å². The number of anilines is 1. The molecular formula is C27H26N4O6S. The third-order valence-corrected chi connectivity index (χ3v) is 8.31. The Labute approximate surface area is 223 Å². The summed E-state index contributed by atoms with van der Waals surface area (Å²) < 4.78 is 11.4. The number of nitrogens with two attached hydrogens (primary N) is 1. The molecule has 0 aliphatic carbocycles. The van der Waals surface area contributed by atoms with Crippen LogP contribution in [0.2, 0.25) is 0 Å². The molecule has 2 unspecified atom stereocenters. The third kappa shape index (κ3) is 4.33. The van der Waals surface area contributed by atoms with Crippen LogP contribution in [-0.2, 0) is 23.9 Å². The summed E-state index contributed by atoms with van der Waals surface area (Å²) in [5.74, 6) is 3.45. The van der Waals surface area contributed by atoms with E-state index in [1.54, 1.807) is 12.1 Å². The lowest BCUT2D eigenvalue weighted by Crippen LogP contribution is -2.76. The number of thioether (sulfide) groups is 1. The zero-order valence-corrected chi connectivity index (χ0v) is 21.3. The number of amides is 3. The Hall–Kier alpha value is -4.09. The average Bonchev–Trinajstić information content (AvgIpc) is 3.48. The molecule has 3 amide bonds. The predicted molar refractivity (Wildman–Crippen MR) is 139 cm³/mol. The molecule has 3 N–H and O–H groups in total. The Balaban J connectivity index is 1.42. The van der Waals surface area contributed by atoms with Gasteiger partial charge in [-0.15, -0.1) is 11.8 Å².